The van der Waals surface area contributed by atoms with Crippen molar-refractivity contribution >= 4 is 5.82 Å². The van der Waals surface area contributed by atoms with Crippen LogP contribution in [0.5, 0.6) is 0 Å². The molecule has 3 N–H and O–H groups in total. The molecule has 2 rings (SSSR count). The van der Waals surface area contributed by atoms with E-state index in [-0.39, 0.29) is 5.82 Å². The second-order valence-corrected chi connectivity index (χ2v) is 3.67. The lowest BCUT2D eigenvalue weighted by Crippen LogP contribution is -2.02. The fourth-order valence-corrected chi connectivity index (χ4v) is 1.71. The number of aromatic amines is 1. The number of hydrogen-bond acceptors (Lipinski definition) is 3. The number of nitrogens with one attached hydrogen (secondary N) is 1. The first-order valence-electron chi connectivity index (χ1n) is 4.83. The molecule has 1 fully saturated rings. The second kappa shape index (κ2) is 3.96. The predicted molar refractivity (Wildman–Crippen MR) is 50.2 cm³/mol. The largest absolute Gasteiger partial charge is 0.381 e. The van der Waals surface area contributed by atoms with Gasteiger partial charge in [0.1, 0.15) is 0 Å². The van der Waals surface area contributed by atoms with Crippen LogP contribution in [0.1, 0.15) is 18.5 Å². The molecule has 1 aromatic rings. The van der Waals surface area contributed by atoms with Crippen LogP contribution in [-0.4, -0.2) is 23.4 Å². The Morgan fingerprint density at radius 1 is 1.64 bits per heavy atom. The number of nitrogens with zero attached hydrogens (tertiary/aromatic N) is 1. The number of ether oxygens (including phenoxy) is 1. The predicted octanol–water partition coefficient (Wildman–Crippen LogP) is 1.10. The zero-order valence-corrected chi connectivity index (χ0v) is 7.92. The maximum atomic E-state index is 13.2. The number of anilines is 1. The summed E-state index contributed by atoms with van der Waals surface area (Å²) in [6, 6.07) is 0. The fraction of sp³-hybridized carbons (Fsp3) is 0.667. The third-order valence-electron chi connectivity index (χ3n) is 2.63. The summed E-state index contributed by atoms with van der Waals surface area (Å²) >= 11 is 0. The molecule has 2 heterocycles. The van der Waals surface area contributed by atoms with Crippen LogP contribution < -0.4 is 5.73 Å². The highest BCUT2D eigenvalue weighted by molar-refractivity contribution is 5.31. The Morgan fingerprint density at radius 2 is 2.50 bits per heavy atom. The van der Waals surface area contributed by atoms with E-state index in [1.54, 1.807) is 0 Å². The number of hydrogen-bond donors (Lipinski definition) is 2. The molecule has 0 aliphatic carbocycles. The van der Waals surface area contributed by atoms with Gasteiger partial charge in [-0.3, -0.25) is 5.10 Å². The van der Waals surface area contributed by atoms with E-state index in [2.05, 4.69) is 10.2 Å². The van der Waals surface area contributed by atoms with Gasteiger partial charge >= 0.3 is 0 Å². The van der Waals surface area contributed by atoms with Crippen molar-refractivity contribution in [3.8, 4) is 0 Å². The first-order valence-corrected chi connectivity index (χ1v) is 4.83. The van der Waals surface area contributed by atoms with Crippen molar-refractivity contribution < 1.29 is 9.13 Å². The average molecular weight is 199 g/mol. The van der Waals surface area contributed by atoms with Crippen molar-refractivity contribution in [3.05, 3.63) is 11.5 Å². The molecule has 1 saturated heterocycles. The summed E-state index contributed by atoms with van der Waals surface area (Å²) in [6.07, 6.45) is 2.66. The van der Waals surface area contributed by atoms with Gasteiger partial charge < -0.3 is 10.5 Å². The van der Waals surface area contributed by atoms with Crippen LogP contribution in [-0.2, 0) is 11.2 Å². The molecule has 1 atom stereocenters. The minimum atomic E-state index is -0.399. The van der Waals surface area contributed by atoms with Crippen molar-refractivity contribution in [2.45, 2.75) is 19.3 Å². The van der Waals surface area contributed by atoms with Crippen LogP contribution in [0.25, 0.3) is 0 Å². The Balaban J connectivity index is 1.88. The van der Waals surface area contributed by atoms with Crippen molar-refractivity contribution in [1.29, 1.82) is 0 Å². The summed E-state index contributed by atoms with van der Waals surface area (Å²) in [5, 5.41) is 6.21. The van der Waals surface area contributed by atoms with Crippen LogP contribution in [0.3, 0.4) is 0 Å². The van der Waals surface area contributed by atoms with E-state index in [0.717, 1.165) is 26.1 Å². The molecule has 1 aliphatic heterocycles. The summed E-state index contributed by atoms with van der Waals surface area (Å²) in [6.45, 7) is 1.63. The number of nitrogen functional groups attached to an aromatic ring is 1. The Labute approximate surface area is 81.6 Å². The summed E-state index contributed by atoms with van der Waals surface area (Å²) in [5.41, 5.74) is 5.79. The Bertz CT molecular complexity index is 307. The third-order valence-corrected chi connectivity index (χ3v) is 2.63. The smallest absolute Gasteiger partial charge is 0.187 e. The monoisotopic (exact) mass is 199 g/mol. The Morgan fingerprint density at radius 3 is 3.07 bits per heavy atom. The molecule has 0 radical (unpaired) electrons. The van der Waals surface area contributed by atoms with Crippen molar-refractivity contribution in [2.24, 2.45) is 5.92 Å². The molecule has 0 saturated carbocycles. The van der Waals surface area contributed by atoms with Crippen LogP contribution >= 0.6 is 0 Å². The lowest BCUT2D eigenvalue weighted by atomic mass is 10.0. The molecule has 78 valence electrons. The number of halogens is 1. The van der Waals surface area contributed by atoms with Gasteiger partial charge in [-0.05, 0) is 25.2 Å². The summed E-state index contributed by atoms with van der Waals surface area (Å²) in [5.74, 6) is 0.116. The van der Waals surface area contributed by atoms with Crippen LogP contribution in [0.4, 0.5) is 10.2 Å². The van der Waals surface area contributed by atoms with Crippen molar-refractivity contribution in [2.75, 3.05) is 18.9 Å². The molecule has 0 spiro atoms. The van der Waals surface area contributed by atoms with Gasteiger partial charge in [0.25, 0.3) is 0 Å². The standard InChI is InChI=1S/C9H14FN3O/c10-8-7(12-13-9(8)11)2-1-6-3-4-14-5-6/h6H,1-5H2,(H3,11,12,13). The number of aromatic nitrogens is 2. The van der Waals surface area contributed by atoms with Crippen LogP contribution in [0, 0.1) is 11.7 Å². The molecule has 5 heteroatoms. The highest BCUT2D eigenvalue weighted by atomic mass is 19.1. The number of aryl methyl sites for hydroxylation is 1. The minimum absolute atomic E-state index is 0.0392. The molecular formula is C9H14FN3O. The molecular weight excluding hydrogens is 185 g/mol. The maximum Gasteiger partial charge on any atom is 0.187 e. The average Bonchev–Trinajstić information content (AvgIpc) is 2.77. The number of nitrogens with two attached hydrogens (primary N) is 1. The first kappa shape index (κ1) is 9.45. The highest BCUT2D eigenvalue weighted by Crippen LogP contribution is 2.20. The lowest BCUT2D eigenvalue weighted by Gasteiger charge is -2.04. The van der Waals surface area contributed by atoms with Crippen LogP contribution in [0.15, 0.2) is 0 Å². The van der Waals surface area contributed by atoms with E-state index >= 15 is 0 Å². The topological polar surface area (TPSA) is 63.9 Å². The van der Waals surface area contributed by atoms with Gasteiger partial charge in [0.05, 0.1) is 5.69 Å². The molecule has 0 amide bonds. The lowest BCUT2D eigenvalue weighted by molar-refractivity contribution is 0.184. The van der Waals surface area contributed by atoms with Gasteiger partial charge in [0, 0.05) is 13.2 Å². The van der Waals surface area contributed by atoms with Gasteiger partial charge in [0.15, 0.2) is 11.6 Å². The summed E-state index contributed by atoms with van der Waals surface area (Å²) in [7, 11) is 0. The Hall–Kier alpha value is -1.10. The molecule has 4 nitrogen and oxygen atoms in total. The van der Waals surface area contributed by atoms with E-state index in [9.17, 15) is 4.39 Å². The van der Waals surface area contributed by atoms with E-state index in [4.69, 9.17) is 10.5 Å². The zero-order valence-electron chi connectivity index (χ0n) is 7.92. The van der Waals surface area contributed by atoms with Gasteiger partial charge in [-0.15, -0.1) is 0 Å². The molecule has 0 bridgehead atoms. The van der Waals surface area contributed by atoms with E-state index in [1.807, 2.05) is 0 Å². The number of rotatable bonds is 3. The minimum Gasteiger partial charge on any atom is -0.381 e. The van der Waals surface area contributed by atoms with E-state index in [1.165, 1.54) is 0 Å². The Kier molecular flexibility index (Phi) is 2.67. The molecule has 1 aliphatic rings. The molecule has 0 aromatic carbocycles. The maximum absolute atomic E-state index is 13.2. The van der Waals surface area contributed by atoms with Gasteiger partial charge in [-0.2, -0.15) is 5.10 Å². The van der Waals surface area contributed by atoms with Crippen molar-refractivity contribution in [3.63, 3.8) is 0 Å². The number of H-pyrrole nitrogens is 1. The molecule has 1 aromatic heterocycles. The zero-order chi connectivity index (χ0) is 9.97. The van der Waals surface area contributed by atoms with E-state index in [0.29, 0.717) is 18.0 Å². The van der Waals surface area contributed by atoms with Crippen molar-refractivity contribution in [1.82, 2.24) is 10.2 Å². The quantitative estimate of drug-likeness (QED) is 0.766. The molecule has 14 heavy (non-hydrogen) atoms. The SMILES string of the molecule is Nc1n[nH]c(CCC2CCOC2)c1F. The first-order chi connectivity index (χ1) is 6.77. The van der Waals surface area contributed by atoms with Gasteiger partial charge in [-0.1, -0.05) is 0 Å². The normalized spacial score (nSPS) is 21.6. The highest BCUT2D eigenvalue weighted by Gasteiger charge is 2.17. The van der Waals surface area contributed by atoms with E-state index < -0.39 is 5.82 Å². The summed E-state index contributed by atoms with van der Waals surface area (Å²) < 4.78 is 18.4. The fourth-order valence-electron chi connectivity index (χ4n) is 1.71. The molecule has 1 unspecified atom stereocenters. The van der Waals surface area contributed by atoms with Crippen LogP contribution in [0.2, 0.25) is 0 Å². The third kappa shape index (κ3) is 1.87. The summed E-state index contributed by atoms with van der Waals surface area (Å²) in [4.78, 5) is 0. The van der Waals surface area contributed by atoms with Gasteiger partial charge in [0.2, 0.25) is 0 Å². The van der Waals surface area contributed by atoms with Gasteiger partial charge in [-0.25, -0.2) is 4.39 Å². The second-order valence-electron chi connectivity index (χ2n) is 3.67.